The maximum Gasteiger partial charge on any atom is 0.308 e. The highest BCUT2D eigenvalue weighted by molar-refractivity contribution is 9.10. The Balaban J connectivity index is 1.70. The third-order valence-electron chi connectivity index (χ3n) is 6.94. The van der Waals surface area contributed by atoms with Crippen LogP contribution in [0.3, 0.4) is 0 Å². The zero-order chi connectivity index (χ0) is 26.3. The van der Waals surface area contributed by atoms with Crippen LogP contribution >= 0.6 is 15.9 Å². The molecule has 0 bridgehead atoms. The van der Waals surface area contributed by atoms with Gasteiger partial charge in [-0.25, -0.2) is 9.51 Å². The van der Waals surface area contributed by atoms with Crippen molar-refractivity contribution in [3.05, 3.63) is 52.3 Å². The second kappa shape index (κ2) is 9.89. The summed E-state index contributed by atoms with van der Waals surface area (Å²) >= 11 is 3.52. The van der Waals surface area contributed by atoms with E-state index in [1.165, 1.54) is 0 Å². The molecule has 10 heteroatoms. The van der Waals surface area contributed by atoms with Gasteiger partial charge in [-0.2, -0.15) is 5.10 Å². The van der Waals surface area contributed by atoms with E-state index in [4.69, 9.17) is 19.9 Å². The van der Waals surface area contributed by atoms with Gasteiger partial charge >= 0.3 is 5.97 Å². The monoisotopic (exact) mass is 571 g/mol. The molecule has 1 unspecified atom stereocenters. The number of carbonyl (C=O) groups excluding carboxylic acids is 1. The number of nitrogens with one attached hydrogen (secondary N) is 1. The molecule has 0 aliphatic carbocycles. The summed E-state index contributed by atoms with van der Waals surface area (Å²) in [5.74, 6) is 0.984. The lowest BCUT2D eigenvalue weighted by molar-refractivity contribution is -0.137. The Labute approximate surface area is 221 Å². The number of benzene rings is 1. The molecule has 1 aliphatic rings. The molecule has 1 fully saturated rings. The van der Waals surface area contributed by atoms with Crippen molar-refractivity contribution in [3.8, 4) is 5.75 Å². The average molecular weight is 573 g/mol. The van der Waals surface area contributed by atoms with Gasteiger partial charge in [-0.05, 0) is 70.3 Å². The van der Waals surface area contributed by atoms with Crippen LogP contribution in [0.1, 0.15) is 45.2 Å². The second-order valence-electron chi connectivity index (χ2n) is 10.7. The predicted octanol–water partition coefficient (Wildman–Crippen LogP) is 5.81. The fourth-order valence-corrected chi connectivity index (χ4v) is 5.27. The largest absolute Gasteiger partial charge is 0.543 e. The normalized spacial score (nSPS) is 16.9. The summed E-state index contributed by atoms with van der Waals surface area (Å²) < 4.78 is 14.3. The third-order valence-corrected chi connectivity index (χ3v) is 11.7. The zero-order valence-corrected chi connectivity index (χ0v) is 24.3. The minimum atomic E-state index is -1.96. The van der Waals surface area contributed by atoms with Crippen molar-refractivity contribution in [1.29, 1.82) is 0 Å². The second-order valence-corrected chi connectivity index (χ2v) is 16.3. The summed E-state index contributed by atoms with van der Waals surface area (Å²) in [6, 6.07) is 7.80. The maximum atomic E-state index is 11.7. The fraction of sp³-hybridized carbons (Fsp3) is 0.423. The molecule has 1 aromatic carbocycles. The van der Waals surface area contributed by atoms with Crippen molar-refractivity contribution in [2.24, 2.45) is 10.7 Å². The molecule has 3 N–H and O–H groups in total. The number of amidine groups is 1. The van der Waals surface area contributed by atoms with Gasteiger partial charge in [0.25, 0.3) is 0 Å². The van der Waals surface area contributed by atoms with E-state index in [-0.39, 0.29) is 17.0 Å². The number of esters is 1. The first-order chi connectivity index (χ1) is 16.9. The number of ether oxygens (including phenoxy) is 1. The van der Waals surface area contributed by atoms with Gasteiger partial charge in [0.15, 0.2) is 0 Å². The van der Waals surface area contributed by atoms with E-state index in [2.05, 4.69) is 73.2 Å². The summed E-state index contributed by atoms with van der Waals surface area (Å²) in [5, 5.41) is 8.05. The lowest BCUT2D eigenvalue weighted by Gasteiger charge is -2.36. The predicted molar refractivity (Wildman–Crippen MR) is 150 cm³/mol. The molecule has 192 valence electrons. The Morgan fingerprint density at radius 3 is 2.75 bits per heavy atom. The van der Waals surface area contributed by atoms with Crippen LogP contribution in [0.4, 0.5) is 11.4 Å². The first kappa shape index (κ1) is 26.2. The number of carbonyl (C=O) groups is 1. The van der Waals surface area contributed by atoms with E-state index >= 15 is 0 Å². The molecular weight excluding hydrogens is 538 g/mol. The lowest BCUT2D eigenvalue weighted by Crippen LogP contribution is -2.43. The number of halogens is 1. The first-order valence-electron chi connectivity index (χ1n) is 12.1. The Kier molecular flexibility index (Phi) is 7.20. The number of anilines is 1. The van der Waals surface area contributed by atoms with Gasteiger partial charge in [0.1, 0.15) is 18.2 Å². The topological polar surface area (TPSA) is 103 Å². The number of aromatic nitrogens is 2. The number of aryl methyl sites for hydroxylation is 1. The molecule has 1 saturated heterocycles. The summed E-state index contributed by atoms with van der Waals surface area (Å²) in [7, 11) is -1.96. The van der Waals surface area contributed by atoms with Crippen LogP contribution in [0.15, 0.2) is 46.1 Å². The van der Waals surface area contributed by atoms with Crippen LogP contribution < -0.4 is 15.5 Å². The van der Waals surface area contributed by atoms with Crippen LogP contribution in [0.5, 0.6) is 5.75 Å². The number of aliphatic imine (C=N–C) groups is 1. The van der Waals surface area contributed by atoms with E-state index in [1.54, 1.807) is 10.7 Å². The zero-order valence-electron chi connectivity index (χ0n) is 21.7. The van der Waals surface area contributed by atoms with Crippen LogP contribution in [-0.4, -0.2) is 42.4 Å². The van der Waals surface area contributed by atoms with Gasteiger partial charge in [-0.1, -0.05) is 27.7 Å². The van der Waals surface area contributed by atoms with Gasteiger partial charge < -0.3 is 20.2 Å². The first-order valence-corrected chi connectivity index (χ1v) is 15.8. The van der Waals surface area contributed by atoms with Gasteiger partial charge in [0.2, 0.25) is 8.32 Å². The standard InChI is InChI=1S/C26H34BrN5O3Si/c1-7-16-10-19(35-36(5,6)26(2,3)4)8-9-21(16)31-25(28)20-13-29-32-14-17(27)11-22(32)24(20)30-18-12-23(33)34-15-18/h8-11,13-14,18,30H,7,12,15H2,1-6H3,(H2,28,31). The fourth-order valence-electron chi connectivity index (χ4n) is 3.84. The molecule has 0 spiro atoms. The van der Waals surface area contributed by atoms with Gasteiger partial charge in [-0.15, -0.1) is 0 Å². The molecule has 8 nitrogen and oxygen atoms in total. The smallest absolute Gasteiger partial charge is 0.308 e. The van der Waals surface area contributed by atoms with Crippen LogP contribution in [0, 0.1) is 0 Å². The number of fused-ring (bicyclic) bond motifs is 1. The number of cyclic esters (lactones) is 1. The molecule has 0 radical (unpaired) electrons. The molecule has 2 aromatic heterocycles. The van der Waals surface area contributed by atoms with Crippen LogP contribution in [0.2, 0.25) is 18.1 Å². The van der Waals surface area contributed by atoms with Crippen molar-refractivity contribution >= 4 is 52.9 Å². The molecule has 4 rings (SSSR count). The number of rotatable bonds is 7. The van der Waals surface area contributed by atoms with Crippen LogP contribution in [0.25, 0.3) is 5.52 Å². The Morgan fingerprint density at radius 1 is 1.36 bits per heavy atom. The number of nitrogens with two attached hydrogens (primary N) is 1. The molecule has 0 saturated carbocycles. The van der Waals surface area contributed by atoms with Crippen molar-refractivity contribution < 1.29 is 14.0 Å². The number of hydrogen-bond acceptors (Lipinski definition) is 6. The minimum absolute atomic E-state index is 0.110. The van der Waals surface area contributed by atoms with E-state index in [9.17, 15) is 4.79 Å². The van der Waals surface area contributed by atoms with Gasteiger partial charge in [0, 0.05) is 10.7 Å². The highest BCUT2D eigenvalue weighted by Gasteiger charge is 2.39. The van der Waals surface area contributed by atoms with Gasteiger partial charge in [0.05, 0.1) is 41.1 Å². The van der Waals surface area contributed by atoms with E-state index < -0.39 is 8.32 Å². The lowest BCUT2D eigenvalue weighted by atomic mass is 10.1. The SMILES string of the molecule is CCc1cc(O[Si](C)(C)C(C)(C)C)ccc1N=C(N)c1cnn2cc(Br)cc2c1NC1COC(=O)C1. The van der Waals surface area contributed by atoms with Crippen LogP contribution in [-0.2, 0) is 16.0 Å². The van der Waals surface area contributed by atoms with Crippen molar-refractivity contribution in [2.75, 3.05) is 11.9 Å². The third kappa shape index (κ3) is 5.44. The summed E-state index contributed by atoms with van der Waals surface area (Å²) in [6.45, 7) is 13.6. The highest BCUT2D eigenvalue weighted by atomic mass is 79.9. The Bertz CT molecular complexity index is 1330. The van der Waals surface area contributed by atoms with Crippen molar-refractivity contribution in [1.82, 2.24) is 9.61 Å². The van der Waals surface area contributed by atoms with E-state index in [0.717, 1.165) is 39.1 Å². The Hall–Kier alpha value is -2.85. The van der Waals surface area contributed by atoms with Crippen molar-refractivity contribution in [3.63, 3.8) is 0 Å². The molecule has 3 aromatic rings. The Morgan fingerprint density at radius 2 is 2.11 bits per heavy atom. The molecular formula is C26H34BrN5O3Si. The quantitative estimate of drug-likeness (QED) is 0.160. The summed E-state index contributed by atoms with van der Waals surface area (Å²) in [4.78, 5) is 16.5. The van der Waals surface area contributed by atoms with Gasteiger partial charge in [-0.3, -0.25) is 4.79 Å². The molecule has 1 aliphatic heterocycles. The minimum Gasteiger partial charge on any atom is -0.543 e. The summed E-state index contributed by atoms with van der Waals surface area (Å²) in [6.07, 6.45) is 4.64. The van der Waals surface area contributed by atoms with Crippen molar-refractivity contribution in [2.45, 2.75) is 64.7 Å². The molecule has 3 heterocycles. The van der Waals surface area contributed by atoms with E-state index in [1.807, 2.05) is 24.4 Å². The average Bonchev–Trinajstić information content (AvgIpc) is 3.38. The number of nitrogens with zero attached hydrogens (tertiary/aromatic N) is 3. The molecule has 1 atom stereocenters. The summed E-state index contributed by atoms with van der Waals surface area (Å²) in [5.41, 5.74) is 10.7. The van der Waals surface area contributed by atoms with E-state index in [0.29, 0.717) is 24.4 Å². The maximum absolute atomic E-state index is 11.7. The highest BCUT2D eigenvalue weighted by Crippen LogP contribution is 2.38. The number of hydrogen-bond donors (Lipinski definition) is 2. The molecule has 36 heavy (non-hydrogen) atoms. The molecule has 0 amide bonds.